The molecule has 9 nitrogen and oxygen atoms in total. The number of hydrogen-bond acceptors (Lipinski definition) is 7. The number of pyridine rings is 1. The number of carbonyl (C=O) groups is 2. The number of amides is 2. The van der Waals surface area contributed by atoms with Crippen molar-refractivity contribution in [3.8, 4) is 17.3 Å². The van der Waals surface area contributed by atoms with Gasteiger partial charge >= 0.3 is 6.09 Å². The van der Waals surface area contributed by atoms with Crippen molar-refractivity contribution < 1.29 is 23.5 Å². The lowest BCUT2D eigenvalue weighted by atomic mass is 10.1. The van der Waals surface area contributed by atoms with Crippen molar-refractivity contribution in [1.29, 1.82) is 0 Å². The molecule has 1 aliphatic rings. The summed E-state index contributed by atoms with van der Waals surface area (Å²) in [5.74, 6) is -0.771. The average Bonchev–Trinajstić information content (AvgIpc) is 3.21. The molecule has 0 N–H and O–H groups in total. The minimum Gasteiger partial charge on any atom is -0.493 e. The summed E-state index contributed by atoms with van der Waals surface area (Å²) in [5, 5.41) is 8.12. The maximum absolute atomic E-state index is 14.1. The Morgan fingerprint density at radius 2 is 2.00 bits per heavy atom. The van der Waals surface area contributed by atoms with Crippen LogP contribution in [0.3, 0.4) is 0 Å². The zero-order chi connectivity index (χ0) is 23.6. The second kappa shape index (κ2) is 8.97. The third kappa shape index (κ3) is 5.00. The second-order valence-corrected chi connectivity index (χ2v) is 8.55. The van der Waals surface area contributed by atoms with Crippen LogP contribution in [-0.2, 0) is 11.3 Å². The topological polar surface area (TPSA) is 99.4 Å². The number of aromatic nitrogens is 4. The lowest BCUT2D eigenvalue weighted by Gasteiger charge is -2.26. The van der Waals surface area contributed by atoms with Gasteiger partial charge in [0.25, 0.3) is 5.91 Å². The molecule has 0 fully saturated rings. The molecule has 0 saturated carbocycles. The van der Waals surface area contributed by atoms with Gasteiger partial charge in [0, 0.05) is 6.54 Å². The van der Waals surface area contributed by atoms with Crippen molar-refractivity contribution in [3.05, 3.63) is 54.1 Å². The zero-order valence-corrected chi connectivity index (χ0v) is 18.6. The van der Waals surface area contributed by atoms with E-state index >= 15 is 0 Å². The lowest BCUT2D eigenvalue weighted by Crippen LogP contribution is -2.41. The molecule has 10 heteroatoms. The fraction of sp³-hybridized carbons (Fsp3) is 0.348. The third-order valence-corrected chi connectivity index (χ3v) is 4.81. The quantitative estimate of drug-likeness (QED) is 0.502. The molecule has 0 radical (unpaired) electrons. The largest absolute Gasteiger partial charge is 0.493 e. The van der Waals surface area contributed by atoms with Gasteiger partial charge in [-0.2, -0.15) is 4.90 Å². The first kappa shape index (κ1) is 22.4. The Bertz CT molecular complexity index is 1190. The lowest BCUT2D eigenvalue weighted by molar-refractivity contribution is 0.0562. The number of imide groups is 1. The van der Waals surface area contributed by atoms with Crippen molar-refractivity contribution in [1.82, 2.24) is 19.7 Å². The van der Waals surface area contributed by atoms with E-state index in [9.17, 15) is 14.0 Å². The van der Waals surface area contributed by atoms with Crippen LogP contribution in [0.2, 0.25) is 0 Å². The Balaban J connectivity index is 1.88. The zero-order valence-electron chi connectivity index (χ0n) is 18.6. The van der Waals surface area contributed by atoms with Gasteiger partial charge in [-0.05, 0) is 63.9 Å². The molecule has 172 valence electrons. The highest BCUT2D eigenvalue weighted by atomic mass is 19.1. The van der Waals surface area contributed by atoms with Crippen LogP contribution >= 0.6 is 0 Å². The van der Waals surface area contributed by atoms with E-state index in [2.05, 4.69) is 15.2 Å². The van der Waals surface area contributed by atoms with Crippen molar-refractivity contribution in [2.75, 3.05) is 11.5 Å². The molecule has 0 saturated heterocycles. The smallest absolute Gasteiger partial charge is 0.423 e. The van der Waals surface area contributed by atoms with Crippen LogP contribution in [-0.4, -0.2) is 44.0 Å². The molecular weight excluding hydrogens is 429 g/mol. The molecule has 0 unspecified atom stereocenters. The average molecular weight is 453 g/mol. The maximum atomic E-state index is 14.1. The summed E-state index contributed by atoms with van der Waals surface area (Å²) in [4.78, 5) is 32.0. The number of ether oxygens (including phenoxy) is 2. The Labute approximate surface area is 190 Å². The first-order chi connectivity index (χ1) is 15.7. The highest BCUT2D eigenvalue weighted by molar-refractivity contribution is 6.19. The number of fused-ring (bicyclic) bond motifs is 5. The Morgan fingerprint density at radius 1 is 1.18 bits per heavy atom. The van der Waals surface area contributed by atoms with Gasteiger partial charge in [-0.3, -0.25) is 4.79 Å². The minimum atomic E-state index is -0.944. The summed E-state index contributed by atoms with van der Waals surface area (Å²) in [6.45, 7) is 5.98. The fourth-order valence-electron chi connectivity index (χ4n) is 3.36. The second-order valence-electron chi connectivity index (χ2n) is 8.55. The minimum absolute atomic E-state index is 0.00794. The molecule has 0 aliphatic carbocycles. The monoisotopic (exact) mass is 453 g/mol. The van der Waals surface area contributed by atoms with Crippen molar-refractivity contribution >= 4 is 17.8 Å². The highest BCUT2D eigenvalue weighted by Gasteiger charge is 2.33. The molecule has 0 atom stereocenters. The van der Waals surface area contributed by atoms with Crippen LogP contribution < -0.4 is 9.64 Å². The van der Waals surface area contributed by atoms with Crippen LogP contribution in [0.1, 0.15) is 44.0 Å². The Hall–Kier alpha value is -3.82. The van der Waals surface area contributed by atoms with Gasteiger partial charge in [0.2, 0.25) is 0 Å². The molecule has 4 rings (SSSR count). The van der Waals surface area contributed by atoms with Gasteiger partial charge in [0.05, 0.1) is 12.2 Å². The van der Waals surface area contributed by atoms with E-state index in [4.69, 9.17) is 9.47 Å². The van der Waals surface area contributed by atoms with Crippen molar-refractivity contribution in [2.24, 2.45) is 0 Å². The first-order valence-corrected chi connectivity index (χ1v) is 10.6. The van der Waals surface area contributed by atoms with Crippen LogP contribution in [0.5, 0.6) is 5.75 Å². The van der Waals surface area contributed by atoms with Gasteiger partial charge < -0.3 is 14.0 Å². The van der Waals surface area contributed by atoms with Crippen molar-refractivity contribution in [2.45, 2.75) is 45.8 Å². The van der Waals surface area contributed by atoms with Gasteiger partial charge in [-0.15, -0.1) is 10.2 Å². The summed E-state index contributed by atoms with van der Waals surface area (Å²) in [5.41, 5.74) is -0.553. The number of carbonyl (C=O) groups excluding carboxylic acids is 2. The molecule has 1 aromatic carbocycles. The standard InChI is InChI=1S/C23H24FN5O4/c1-23(2,3)33-22(31)29-19-8-6-7-17(26-19)20-27-25-14-28(20)11-4-5-12-32-18-10-9-15(24)13-16(18)21(29)30/h6-10,13-14H,4-5,11-12H2,1-3H3. The van der Waals surface area contributed by atoms with Crippen LogP contribution in [0, 0.1) is 5.82 Å². The SMILES string of the molecule is CC(C)(C)OC(=O)N1C(=O)c2cc(F)ccc2OCCCCn2cnnc2-c2cccc1n2. The van der Waals surface area contributed by atoms with E-state index < -0.39 is 23.4 Å². The molecular formula is C23H24FN5O4. The predicted octanol–water partition coefficient (Wildman–Crippen LogP) is 4.23. The summed E-state index contributed by atoms with van der Waals surface area (Å²) in [6.07, 6.45) is 2.09. The van der Waals surface area contributed by atoms with E-state index in [0.29, 0.717) is 31.1 Å². The van der Waals surface area contributed by atoms with Gasteiger partial charge in [-0.25, -0.2) is 14.2 Å². The molecule has 2 bridgehead atoms. The van der Waals surface area contributed by atoms with Gasteiger partial charge in [0.15, 0.2) is 5.82 Å². The number of rotatable bonds is 0. The summed E-state index contributed by atoms with van der Waals surface area (Å²) >= 11 is 0. The Morgan fingerprint density at radius 3 is 2.79 bits per heavy atom. The Kier molecular flexibility index (Phi) is 6.08. The molecule has 1 aliphatic heterocycles. The summed E-state index contributed by atoms with van der Waals surface area (Å²) in [7, 11) is 0. The first-order valence-electron chi connectivity index (χ1n) is 10.6. The molecule has 2 amide bonds. The number of hydrogen-bond donors (Lipinski definition) is 0. The molecule has 33 heavy (non-hydrogen) atoms. The van der Waals surface area contributed by atoms with Crippen molar-refractivity contribution in [3.63, 3.8) is 0 Å². The molecule has 0 spiro atoms. The van der Waals surface area contributed by atoms with E-state index in [1.807, 2.05) is 4.57 Å². The maximum Gasteiger partial charge on any atom is 0.423 e. The van der Waals surface area contributed by atoms with Crippen LogP contribution in [0.15, 0.2) is 42.7 Å². The van der Waals surface area contributed by atoms with Crippen LogP contribution in [0.4, 0.5) is 15.0 Å². The molecule has 2 aromatic heterocycles. The normalized spacial score (nSPS) is 14.5. The predicted molar refractivity (Wildman–Crippen MR) is 117 cm³/mol. The van der Waals surface area contributed by atoms with Gasteiger partial charge in [-0.1, -0.05) is 6.07 Å². The highest BCUT2D eigenvalue weighted by Crippen LogP contribution is 2.28. The molecule has 3 aromatic rings. The van der Waals surface area contributed by atoms with E-state index in [0.717, 1.165) is 17.4 Å². The summed E-state index contributed by atoms with van der Waals surface area (Å²) < 4.78 is 27.2. The van der Waals surface area contributed by atoms with Gasteiger partial charge in [0.1, 0.15) is 35.0 Å². The third-order valence-electron chi connectivity index (χ3n) is 4.81. The van der Waals surface area contributed by atoms with E-state index in [1.165, 1.54) is 18.2 Å². The number of anilines is 1. The number of aryl methyl sites for hydroxylation is 1. The summed E-state index contributed by atoms with van der Waals surface area (Å²) in [6, 6.07) is 8.48. The fourth-order valence-corrected chi connectivity index (χ4v) is 3.36. The number of benzene rings is 1. The number of nitrogens with zero attached hydrogens (tertiary/aromatic N) is 5. The van der Waals surface area contributed by atoms with E-state index in [-0.39, 0.29) is 17.1 Å². The number of halogens is 1. The van der Waals surface area contributed by atoms with E-state index in [1.54, 1.807) is 39.2 Å². The molecule has 3 heterocycles. The van der Waals surface area contributed by atoms with Crippen LogP contribution in [0.25, 0.3) is 11.5 Å².